The average Bonchev–Trinajstić information content (AvgIpc) is 2.71. The molecule has 0 spiro atoms. The highest BCUT2D eigenvalue weighted by Crippen LogP contribution is 2.26. The molecule has 1 aliphatic rings. The summed E-state index contributed by atoms with van der Waals surface area (Å²) in [6, 6.07) is 4.84. The number of sulfone groups is 1. The Labute approximate surface area is 124 Å². The Balaban J connectivity index is 2.21. The molecular formula is C14H19NO5S. The van der Waals surface area contributed by atoms with Crippen molar-refractivity contribution in [1.29, 1.82) is 0 Å². The van der Waals surface area contributed by atoms with E-state index in [1.165, 1.54) is 14.2 Å². The van der Waals surface area contributed by atoms with E-state index in [1.54, 1.807) is 25.1 Å². The number of benzene rings is 1. The molecule has 0 radical (unpaired) electrons. The Morgan fingerprint density at radius 1 is 1.19 bits per heavy atom. The zero-order valence-electron chi connectivity index (χ0n) is 12.3. The summed E-state index contributed by atoms with van der Waals surface area (Å²) < 4.78 is 33.4. The maximum atomic E-state index is 12.3. The van der Waals surface area contributed by atoms with Crippen molar-refractivity contribution in [1.82, 2.24) is 5.32 Å². The zero-order valence-corrected chi connectivity index (χ0v) is 13.1. The predicted octanol–water partition coefficient (Wildman–Crippen LogP) is 1.01. The molecule has 1 aromatic carbocycles. The van der Waals surface area contributed by atoms with Crippen molar-refractivity contribution >= 4 is 15.7 Å². The van der Waals surface area contributed by atoms with Gasteiger partial charge in [-0.2, -0.15) is 0 Å². The van der Waals surface area contributed by atoms with Gasteiger partial charge in [-0.05, 0) is 25.5 Å². The van der Waals surface area contributed by atoms with Crippen LogP contribution in [0.5, 0.6) is 11.5 Å². The Hall–Kier alpha value is -1.76. The van der Waals surface area contributed by atoms with Crippen molar-refractivity contribution in [3.8, 4) is 11.5 Å². The largest absolute Gasteiger partial charge is 0.497 e. The van der Waals surface area contributed by atoms with Crippen LogP contribution in [0, 0.1) is 0 Å². The molecule has 1 fully saturated rings. The lowest BCUT2D eigenvalue weighted by atomic mass is 10.0. The summed E-state index contributed by atoms with van der Waals surface area (Å²) >= 11 is 0. The predicted molar refractivity (Wildman–Crippen MR) is 78.7 cm³/mol. The lowest BCUT2D eigenvalue weighted by molar-refractivity contribution is 0.0914. The SMILES string of the molecule is COc1cc(OC)cc(C(=O)NC2(C)CCS(=O)(=O)C2)c1. The van der Waals surface area contributed by atoms with Gasteiger partial charge in [0.15, 0.2) is 9.84 Å². The van der Waals surface area contributed by atoms with E-state index in [9.17, 15) is 13.2 Å². The molecule has 7 heteroatoms. The number of rotatable bonds is 4. The van der Waals surface area contributed by atoms with Crippen molar-refractivity contribution in [2.75, 3.05) is 25.7 Å². The molecule has 0 bridgehead atoms. The van der Waals surface area contributed by atoms with E-state index >= 15 is 0 Å². The van der Waals surface area contributed by atoms with Gasteiger partial charge >= 0.3 is 0 Å². The van der Waals surface area contributed by atoms with E-state index in [-0.39, 0.29) is 17.4 Å². The summed E-state index contributed by atoms with van der Waals surface area (Å²) in [7, 11) is -0.0689. The van der Waals surface area contributed by atoms with Crippen LogP contribution in [0.1, 0.15) is 23.7 Å². The van der Waals surface area contributed by atoms with Gasteiger partial charge in [0.05, 0.1) is 31.3 Å². The van der Waals surface area contributed by atoms with Gasteiger partial charge in [-0.3, -0.25) is 4.79 Å². The third-order valence-corrected chi connectivity index (χ3v) is 5.44. The maximum Gasteiger partial charge on any atom is 0.252 e. The second-order valence-corrected chi connectivity index (χ2v) is 7.64. The van der Waals surface area contributed by atoms with Gasteiger partial charge in [0.1, 0.15) is 11.5 Å². The second-order valence-electron chi connectivity index (χ2n) is 5.46. The number of nitrogens with one attached hydrogen (secondary N) is 1. The molecule has 1 aliphatic heterocycles. The molecule has 1 N–H and O–H groups in total. The van der Waals surface area contributed by atoms with Crippen LogP contribution in [0.4, 0.5) is 0 Å². The minimum atomic E-state index is -3.07. The van der Waals surface area contributed by atoms with Gasteiger partial charge in [0, 0.05) is 11.6 Å². The molecule has 21 heavy (non-hydrogen) atoms. The summed E-state index contributed by atoms with van der Waals surface area (Å²) in [5, 5.41) is 2.80. The molecule has 116 valence electrons. The molecule has 0 aromatic heterocycles. The fourth-order valence-electron chi connectivity index (χ4n) is 2.39. The van der Waals surface area contributed by atoms with E-state index in [1.807, 2.05) is 0 Å². The first kappa shape index (κ1) is 15.6. The van der Waals surface area contributed by atoms with Crippen molar-refractivity contribution in [2.45, 2.75) is 18.9 Å². The van der Waals surface area contributed by atoms with E-state index in [4.69, 9.17) is 9.47 Å². The van der Waals surface area contributed by atoms with Gasteiger partial charge in [-0.25, -0.2) is 8.42 Å². The summed E-state index contributed by atoms with van der Waals surface area (Å²) in [5.41, 5.74) is -0.358. The van der Waals surface area contributed by atoms with E-state index in [2.05, 4.69) is 5.32 Å². The molecule has 1 heterocycles. The molecule has 0 aliphatic carbocycles. The average molecular weight is 313 g/mol. The number of methoxy groups -OCH3 is 2. The number of hydrogen-bond acceptors (Lipinski definition) is 5. The number of carbonyl (C=O) groups excluding carboxylic acids is 1. The van der Waals surface area contributed by atoms with Crippen LogP contribution in [0.25, 0.3) is 0 Å². The fraction of sp³-hybridized carbons (Fsp3) is 0.500. The summed E-state index contributed by atoms with van der Waals surface area (Å²) in [4.78, 5) is 12.3. The second kappa shape index (κ2) is 5.55. The first-order chi connectivity index (χ1) is 9.77. The third-order valence-electron chi connectivity index (χ3n) is 3.53. The minimum absolute atomic E-state index is 0.0349. The van der Waals surface area contributed by atoms with Crippen LogP contribution in [-0.2, 0) is 9.84 Å². The van der Waals surface area contributed by atoms with Gasteiger partial charge in [-0.1, -0.05) is 0 Å². The van der Waals surface area contributed by atoms with Crippen molar-refractivity contribution in [3.05, 3.63) is 23.8 Å². The Morgan fingerprint density at radius 2 is 1.76 bits per heavy atom. The topological polar surface area (TPSA) is 81.7 Å². The lowest BCUT2D eigenvalue weighted by Gasteiger charge is -2.24. The zero-order chi connectivity index (χ0) is 15.7. The summed E-state index contributed by atoms with van der Waals surface area (Å²) in [5.74, 6) is 0.733. The quantitative estimate of drug-likeness (QED) is 0.897. The lowest BCUT2D eigenvalue weighted by Crippen LogP contribution is -2.46. The highest BCUT2D eigenvalue weighted by atomic mass is 32.2. The standard InChI is InChI=1S/C14H19NO5S/c1-14(4-5-21(17,18)9-14)15-13(16)10-6-11(19-2)8-12(7-10)20-3/h6-8H,4-5,9H2,1-3H3,(H,15,16). The van der Waals surface area contributed by atoms with Crippen LogP contribution < -0.4 is 14.8 Å². The van der Waals surface area contributed by atoms with Crippen molar-refractivity contribution < 1.29 is 22.7 Å². The van der Waals surface area contributed by atoms with Gasteiger partial charge in [0.25, 0.3) is 5.91 Å². The van der Waals surface area contributed by atoms with E-state index < -0.39 is 15.4 Å². The van der Waals surface area contributed by atoms with Crippen LogP contribution in [-0.4, -0.2) is 45.6 Å². The number of ether oxygens (including phenoxy) is 2. The smallest absolute Gasteiger partial charge is 0.252 e. The molecule has 0 saturated carbocycles. The molecule has 1 aromatic rings. The van der Waals surface area contributed by atoms with E-state index in [0.29, 0.717) is 23.5 Å². The van der Waals surface area contributed by atoms with Gasteiger partial charge < -0.3 is 14.8 Å². The molecule has 6 nitrogen and oxygen atoms in total. The first-order valence-electron chi connectivity index (χ1n) is 6.53. The van der Waals surface area contributed by atoms with Crippen LogP contribution in [0.15, 0.2) is 18.2 Å². The van der Waals surface area contributed by atoms with Gasteiger partial charge in [0.2, 0.25) is 0 Å². The first-order valence-corrected chi connectivity index (χ1v) is 8.35. The third kappa shape index (κ3) is 3.66. The molecule has 1 amide bonds. The number of carbonyl (C=O) groups is 1. The summed E-state index contributed by atoms with van der Waals surface area (Å²) in [6.45, 7) is 1.74. The highest BCUT2D eigenvalue weighted by Gasteiger charge is 2.39. The Morgan fingerprint density at radius 3 is 2.19 bits per heavy atom. The molecule has 2 rings (SSSR count). The minimum Gasteiger partial charge on any atom is -0.497 e. The fourth-order valence-corrected chi connectivity index (χ4v) is 4.49. The Bertz CT molecular complexity index is 633. The van der Waals surface area contributed by atoms with Gasteiger partial charge in [-0.15, -0.1) is 0 Å². The molecular weight excluding hydrogens is 294 g/mol. The normalized spacial score (nSPS) is 23.6. The maximum absolute atomic E-state index is 12.3. The monoisotopic (exact) mass is 313 g/mol. The number of amides is 1. The van der Waals surface area contributed by atoms with Crippen LogP contribution in [0.2, 0.25) is 0 Å². The van der Waals surface area contributed by atoms with Crippen LogP contribution >= 0.6 is 0 Å². The number of hydrogen-bond donors (Lipinski definition) is 1. The Kier molecular flexibility index (Phi) is 4.13. The van der Waals surface area contributed by atoms with E-state index in [0.717, 1.165) is 0 Å². The van der Waals surface area contributed by atoms with Crippen molar-refractivity contribution in [2.24, 2.45) is 0 Å². The summed E-state index contributed by atoms with van der Waals surface area (Å²) in [6.07, 6.45) is 0.419. The highest BCUT2D eigenvalue weighted by molar-refractivity contribution is 7.91. The van der Waals surface area contributed by atoms with Crippen molar-refractivity contribution in [3.63, 3.8) is 0 Å². The molecule has 1 atom stereocenters. The molecule has 1 saturated heterocycles. The molecule has 1 unspecified atom stereocenters. The van der Waals surface area contributed by atoms with Crippen LogP contribution in [0.3, 0.4) is 0 Å².